The van der Waals surface area contributed by atoms with Crippen molar-refractivity contribution in [3.63, 3.8) is 0 Å². The van der Waals surface area contributed by atoms with Crippen molar-refractivity contribution < 1.29 is 13.2 Å². The van der Waals surface area contributed by atoms with Crippen molar-refractivity contribution in [2.75, 3.05) is 11.9 Å². The molecule has 4 rings (SSSR count). The highest BCUT2D eigenvalue weighted by atomic mass is 32.2. The first-order valence-corrected chi connectivity index (χ1v) is 10.5. The summed E-state index contributed by atoms with van der Waals surface area (Å²) < 4.78 is 26.9. The number of pyridine rings is 1. The van der Waals surface area contributed by atoms with Crippen LogP contribution in [-0.4, -0.2) is 35.1 Å². The van der Waals surface area contributed by atoms with Gasteiger partial charge in [-0.25, -0.2) is 13.4 Å². The lowest BCUT2D eigenvalue weighted by Gasteiger charge is -2.25. The Bertz CT molecular complexity index is 891. The van der Waals surface area contributed by atoms with E-state index < -0.39 is 10.0 Å². The molecule has 1 N–H and O–H groups in total. The van der Waals surface area contributed by atoms with E-state index in [1.165, 1.54) is 21.8 Å². The third kappa shape index (κ3) is 3.19. The van der Waals surface area contributed by atoms with E-state index in [0.29, 0.717) is 18.1 Å². The number of sulfonamides is 1. The number of nitrogens with one attached hydrogen (secondary N) is 1. The number of rotatable bonds is 4. The van der Waals surface area contributed by atoms with Crippen LogP contribution in [0.4, 0.5) is 5.13 Å². The minimum atomic E-state index is -3.56. The molecule has 2 aromatic rings. The van der Waals surface area contributed by atoms with Crippen LogP contribution in [0.2, 0.25) is 0 Å². The smallest absolute Gasteiger partial charge is 0.244 e. The molecule has 25 heavy (non-hydrogen) atoms. The van der Waals surface area contributed by atoms with Gasteiger partial charge in [0.1, 0.15) is 4.90 Å². The molecule has 1 fully saturated rings. The van der Waals surface area contributed by atoms with Crippen LogP contribution < -0.4 is 5.32 Å². The average Bonchev–Trinajstić information content (AvgIpc) is 2.95. The summed E-state index contributed by atoms with van der Waals surface area (Å²) in [5.41, 5.74) is 0.881. The molecule has 0 unspecified atom stereocenters. The number of fused-ring (bicyclic) bond motifs is 1. The zero-order chi connectivity index (χ0) is 17.4. The fourth-order valence-corrected chi connectivity index (χ4v) is 5.44. The lowest BCUT2D eigenvalue weighted by molar-refractivity contribution is -0.122. The number of hydrogen-bond acceptors (Lipinski definition) is 6. The van der Waals surface area contributed by atoms with Crippen molar-refractivity contribution in [3.05, 3.63) is 35.1 Å². The Balaban J connectivity index is 1.50. The zero-order valence-corrected chi connectivity index (χ0v) is 15.1. The highest BCUT2D eigenvalue weighted by Gasteiger charge is 2.31. The van der Waals surface area contributed by atoms with Gasteiger partial charge >= 0.3 is 0 Å². The molecule has 0 saturated heterocycles. The van der Waals surface area contributed by atoms with Gasteiger partial charge in [-0.15, -0.1) is 11.3 Å². The lowest BCUT2D eigenvalue weighted by Crippen LogP contribution is -2.35. The number of aromatic nitrogens is 2. The SMILES string of the molecule is O=C(Nc1nc2c(s1)CN(S(=O)(=O)c1cccnc1)CC2)C1CCC1. The molecule has 1 aliphatic heterocycles. The molecule has 7 nitrogen and oxygen atoms in total. The number of carbonyl (C=O) groups is 1. The second kappa shape index (κ2) is 6.47. The van der Waals surface area contributed by atoms with Crippen molar-refractivity contribution in [2.45, 2.75) is 37.1 Å². The molecule has 3 heterocycles. The van der Waals surface area contributed by atoms with E-state index in [0.717, 1.165) is 29.8 Å². The maximum Gasteiger partial charge on any atom is 0.244 e. The van der Waals surface area contributed by atoms with Crippen molar-refractivity contribution in [1.29, 1.82) is 0 Å². The summed E-state index contributed by atoms with van der Waals surface area (Å²) in [5, 5.41) is 3.45. The molecular formula is C16H18N4O3S2. The van der Waals surface area contributed by atoms with Crippen molar-refractivity contribution in [1.82, 2.24) is 14.3 Å². The van der Waals surface area contributed by atoms with Gasteiger partial charge in [-0.2, -0.15) is 4.31 Å². The van der Waals surface area contributed by atoms with Gasteiger partial charge in [0.05, 0.1) is 12.2 Å². The lowest BCUT2D eigenvalue weighted by atomic mass is 9.85. The van der Waals surface area contributed by atoms with Gasteiger partial charge in [0.15, 0.2) is 5.13 Å². The molecular weight excluding hydrogens is 360 g/mol. The number of thiazole rings is 1. The number of carbonyl (C=O) groups excluding carboxylic acids is 1. The molecule has 2 aromatic heterocycles. The number of hydrogen-bond donors (Lipinski definition) is 1. The molecule has 2 aliphatic rings. The normalized spacial score (nSPS) is 18.4. The standard InChI is InChI=1S/C16H18N4O3S2/c21-15(11-3-1-4-11)19-16-18-13-6-8-20(10-14(13)24-16)25(22,23)12-5-2-7-17-9-12/h2,5,7,9,11H,1,3-4,6,8,10H2,(H,18,19,21). The van der Waals surface area contributed by atoms with Crippen LogP contribution in [0, 0.1) is 5.92 Å². The maximum absolute atomic E-state index is 12.7. The summed E-state index contributed by atoms with van der Waals surface area (Å²) in [5.74, 6) is 0.126. The minimum Gasteiger partial charge on any atom is -0.302 e. The van der Waals surface area contributed by atoms with Crippen LogP contribution >= 0.6 is 11.3 Å². The largest absolute Gasteiger partial charge is 0.302 e. The highest BCUT2D eigenvalue weighted by Crippen LogP contribution is 2.32. The van der Waals surface area contributed by atoms with Gasteiger partial charge in [-0.3, -0.25) is 9.78 Å². The van der Waals surface area contributed by atoms with Crippen LogP contribution in [0.3, 0.4) is 0 Å². The van der Waals surface area contributed by atoms with E-state index in [1.807, 2.05) is 0 Å². The first-order valence-electron chi connectivity index (χ1n) is 8.23. The molecule has 132 valence electrons. The molecule has 9 heteroatoms. The van der Waals surface area contributed by atoms with Crippen LogP contribution in [0.25, 0.3) is 0 Å². The molecule has 0 atom stereocenters. The summed E-state index contributed by atoms with van der Waals surface area (Å²) in [6.45, 7) is 0.660. The summed E-state index contributed by atoms with van der Waals surface area (Å²) >= 11 is 1.37. The molecule has 1 amide bonds. The third-order valence-electron chi connectivity index (χ3n) is 4.67. The second-order valence-electron chi connectivity index (χ2n) is 6.28. The summed E-state index contributed by atoms with van der Waals surface area (Å²) in [7, 11) is -3.56. The van der Waals surface area contributed by atoms with Crippen LogP contribution in [0.1, 0.15) is 29.8 Å². The van der Waals surface area contributed by atoms with Crippen molar-refractivity contribution >= 4 is 32.4 Å². The quantitative estimate of drug-likeness (QED) is 0.879. The molecule has 0 spiro atoms. The molecule has 0 bridgehead atoms. The minimum absolute atomic E-state index is 0.0252. The molecule has 0 aromatic carbocycles. The Labute approximate surface area is 150 Å². The van der Waals surface area contributed by atoms with E-state index >= 15 is 0 Å². The van der Waals surface area contributed by atoms with E-state index in [1.54, 1.807) is 18.3 Å². The number of nitrogens with zero attached hydrogens (tertiary/aromatic N) is 3. The Morgan fingerprint density at radius 2 is 2.20 bits per heavy atom. The molecule has 1 aliphatic carbocycles. The fraction of sp³-hybridized carbons (Fsp3) is 0.438. The summed E-state index contributed by atoms with van der Waals surface area (Å²) in [4.78, 5) is 21.5. The topological polar surface area (TPSA) is 92.3 Å². The Morgan fingerprint density at radius 1 is 1.36 bits per heavy atom. The van der Waals surface area contributed by atoms with Gasteiger partial charge < -0.3 is 5.32 Å². The van der Waals surface area contributed by atoms with Gasteiger partial charge in [0, 0.05) is 36.2 Å². The number of amides is 1. The summed E-state index contributed by atoms with van der Waals surface area (Å²) in [6.07, 6.45) is 6.44. The Kier molecular flexibility index (Phi) is 4.30. The maximum atomic E-state index is 12.7. The second-order valence-corrected chi connectivity index (χ2v) is 9.30. The molecule has 1 saturated carbocycles. The first kappa shape index (κ1) is 16.6. The number of anilines is 1. The third-order valence-corrected chi connectivity index (χ3v) is 7.50. The van der Waals surface area contributed by atoms with E-state index in [-0.39, 0.29) is 23.3 Å². The van der Waals surface area contributed by atoms with Gasteiger partial charge in [0.25, 0.3) is 0 Å². The zero-order valence-electron chi connectivity index (χ0n) is 13.5. The van der Waals surface area contributed by atoms with Crippen LogP contribution in [-0.2, 0) is 27.8 Å². The van der Waals surface area contributed by atoms with E-state index in [4.69, 9.17) is 0 Å². The summed E-state index contributed by atoms with van der Waals surface area (Å²) in [6, 6.07) is 3.16. The monoisotopic (exact) mass is 378 g/mol. The first-order chi connectivity index (χ1) is 12.0. The molecule has 0 radical (unpaired) electrons. The highest BCUT2D eigenvalue weighted by molar-refractivity contribution is 7.89. The van der Waals surface area contributed by atoms with Gasteiger partial charge in [-0.05, 0) is 25.0 Å². The van der Waals surface area contributed by atoms with E-state index in [9.17, 15) is 13.2 Å². The van der Waals surface area contributed by atoms with Gasteiger partial charge in [0.2, 0.25) is 15.9 Å². The average molecular weight is 378 g/mol. The fourth-order valence-electron chi connectivity index (χ4n) is 2.96. The van der Waals surface area contributed by atoms with Crippen molar-refractivity contribution in [2.24, 2.45) is 5.92 Å². The van der Waals surface area contributed by atoms with Gasteiger partial charge in [-0.1, -0.05) is 6.42 Å². The van der Waals surface area contributed by atoms with E-state index in [2.05, 4.69) is 15.3 Å². The van der Waals surface area contributed by atoms with Crippen LogP contribution in [0.5, 0.6) is 0 Å². The predicted octanol–water partition coefficient (Wildman–Crippen LogP) is 2.02. The predicted molar refractivity (Wildman–Crippen MR) is 93.6 cm³/mol. The van der Waals surface area contributed by atoms with Crippen molar-refractivity contribution in [3.8, 4) is 0 Å². The van der Waals surface area contributed by atoms with Crippen LogP contribution in [0.15, 0.2) is 29.4 Å². The Morgan fingerprint density at radius 3 is 2.88 bits per heavy atom. The Hall–Kier alpha value is -1.84.